The van der Waals surface area contributed by atoms with Crippen molar-refractivity contribution in [3.05, 3.63) is 70.2 Å². The summed E-state index contributed by atoms with van der Waals surface area (Å²) in [5.74, 6) is -1.61. The van der Waals surface area contributed by atoms with Gasteiger partial charge in [0.05, 0.1) is 13.1 Å². The number of rotatable bonds is 6. The maximum absolute atomic E-state index is 14.7. The number of alkyl halides is 2. The summed E-state index contributed by atoms with van der Waals surface area (Å²) in [6.07, 6.45) is -3.89. The highest BCUT2D eigenvalue weighted by Gasteiger charge is 2.40. The lowest BCUT2D eigenvalue weighted by atomic mass is 10.1. The summed E-state index contributed by atoms with van der Waals surface area (Å²) in [7, 11) is 0. The van der Waals surface area contributed by atoms with Crippen LogP contribution in [-0.4, -0.2) is 40.7 Å². The van der Waals surface area contributed by atoms with Crippen LogP contribution in [0.25, 0.3) is 0 Å². The Morgan fingerprint density at radius 3 is 1.69 bits per heavy atom. The van der Waals surface area contributed by atoms with E-state index >= 15 is 0 Å². The lowest BCUT2D eigenvalue weighted by molar-refractivity contribution is -0.143. The van der Waals surface area contributed by atoms with Crippen LogP contribution < -0.4 is 0 Å². The topological polar surface area (TPSA) is 57.7 Å². The molecule has 1 saturated heterocycles. The Kier molecular flexibility index (Phi) is 6.27. The normalized spacial score (nSPS) is 16.9. The minimum absolute atomic E-state index is 0.237. The molecular weight excluding hydrogens is 402 g/mol. The highest BCUT2D eigenvalue weighted by atomic mass is 35.5. The molecular formula is C21H19ClF2N2O3. The number of halogens is 3. The van der Waals surface area contributed by atoms with Gasteiger partial charge >= 0.3 is 6.03 Å². The minimum Gasteiger partial charge on any atom is -0.274 e. The summed E-state index contributed by atoms with van der Waals surface area (Å²) in [5, 5.41) is 0.424. The number of urea groups is 1. The van der Waals surface area contributed by atoms with Gasteiger partial charge in [0.25, 0.3) is 0 Å². The molecule has 1 heterocycles. The van der Waals surface area contributed by atoms with E-state index in [-0.39, 0.29) is 5.56 Å². The van der Waals surface area contributed by atoms with E-state index in [1.54, 1.807) is 24.3 Å². The van der Waals surface area contributed by atoms with Gasteiger partial charge in [0.2, 0.25) is 11.8 Å². The van der Waals surface area contributed by atoms with E-state index < -0.39 is 49.7 Å². The zero-order chi connectivity index (χ0) is 21.1. The zero-order valence-corrected chi connectivity index (χ0v) is 16.4. The molecule has 152 valence electrons. The van der Waals surface area contributed by atoms with Gasteiger partial charge in [-0.1, -0.05) is 53.6 Å². The van der Waals surface area contributed by atoms with E-state index in [0.717, 1.165) is 5.56 Å². The number of carbonyl (C=O) groups is 3. The van der Waals surface area contributed by atoms with Crippen LogP contribution in [0.1, 0.15) is 35.5 Å². The average Bonchev–Trinajstić information content (AvgIpc) is 2.69. The number of nitrogens with zero attached hydrogens (tertiary/aromatic N) is 2. The third-order valence-corrected chi connectivity index (χ3v) is 4.97. The van der Waals surface area contributed by atoms with Crippen LogP contribution in [-0.2, 0) is 9.59 Å². The number of barbiturate groups is 1. The number of hydrogen-bond acceptors (Lipinski definition) is 3. The molecule has 3 rings (SSSR count). The Balaban J connectivity index is 1.73. The second kappa shape index (κ2) is 8.69. The van der Waals surface area contributed by atoms with Gasteiger partial charge in [-0.25, -0.2) is 13.6 Å². The van der Waals surface area contributed by atoms with E-state index in [1.807, 2.05) is 6.92 Å². The van der Waals surface area contributed by atoms with E-state index in [4.69, 9.17) is 11.6 Å². The van der Waals surface area contributed by atoms with E-state index in [1.165, 1.54) is 24.3 Å². The third-order valence-electron chi connectivity index (χ3n) is 4.72. The van der Waals surface area contributed by atoms with Gasteiger partial charge in [-0.3, -0.25) is 19.4 Å². The van der Waals surface area contributed by atoms with Crippen molar-refractivity contribution >= 4 is 29.4 Å². The summed E-state index contributed by atoms with van der Waals surface area (Å²) in [6.45, 7) is 0.749. The molecule has 0 saturated carbocycles. The number of aryl methyl sites for hydroxylation is 1. The van der Waals surface area contributed by atoms with Crippen molar-refractivity contribution in [1.82, 2.24) is 9.80 Å². The first-order valence-electron chi connectivity index (χ1n) is 9.01. The van der Waals surface area contributed by atoms with Gasteiger partial charge < -0.3 is 0 Å². The highest BCUT2D eigenvalue weighted by Crippen LogP contribution is 2.26. The maximum atomic E-state index is 14.7. The minimum atomic E-state index is -1.66. The van der Waals surface area contributed by atoms with Crippen molar-refractivity contribution in [2.45, 2.75) is 25.7 Å². The molecule has 0 radical (unpaired) electrons. The van der Waals surface area contributed by atoms with Gasteiger partial charge in [-0.05, 0) is 30.2 Å². The zero-order valence-electron chi connectivity index (χ0n) is 15.6. The molecule has 8 heteroatoms. The van der Waals surface area contributed by atoms with Crippen LogP contribution in [0.4, 0.5) is 13.6 Å². The van der Waals surface area contributed by atoms with Crippen LogP contribution in [0.5, 0.6) is 0 Å². The Bertz CT molecular complexity index is 845. The Labute approximate surface area is 171 Å². The molecule has 0 unspecified atom stereocenters. The first-order chi connectivity index (χ1) is 13.8. The number of carbonyl (C=O) groups excluding carboxylic acids is 3. The molecule has 4 amide bonds. The molecule has 0 N–H and O–H groups in total. The summed E-state index contributed by atoms with van der Waals surface area (Å²) in [5.41, 5.74) is 1.49. The van der Waals surface area contributed by atoms with Crippen LogP contribution in [0.15, 0.2) is 48.5 Å². The average molecular weight is 421 g/mol. The molecule has 0 aliphatic carbocycles. The lowest BCUT2D eigenvalue weighted by Gasteiger charge is -2.34. The maximum Gasteiger partial charge on any atom is 0.333 e. The molecule has 1 aliphatic rings. The first-order valence-corrected chi connectivity index (χ1v) is 9.39. The molecule has 1 aliphatic heterocycles. The van der Waals surface area contributed by atoms with Gasteiger partial charge in [0.15, 0.2) is 0 Å². The Morgan fingerprint density at radius 1 is 0.828 bits per heavy atom. The standard InChI is InChI=1S/C21H19ClF2N2O3/c1-13-2-4-14(5-3-13)17(23)11-25-19(27)10-20(28)26(21(25)29)12-18(24)15-6-8-16(22)9-7-15/h2-9,17-18H,10-12H2,1H3/t17-,18-/m0/s1. The van der Waals surface area contributed by atoms with Crippen molar-refractivity contribution < 1.29 is 23.2 Å². The van der Waals surface area contributed by atoms with E-state index in [0.29, 0.717) is 20.4 Å². The summed E-state index contributed by atoms with van der Waals surface area (Å²) < 4.78 is 29.3. The molecule has 2 aromatic carbocycles. The number of amides is 4. The fourth-order valence-corrected chi connectivity index (χ4v) is 3.14. The van der Waals surface area contributed by atoms with Crippen molar-refractivity contribution in [3.63, 3.8) is 0 Å². The SMILES string of the molecule is Cc1ccc([C@@H](F)CN2C(=O)CC(=O)N(C[C@H](F)c3ccc(Cl)cc3)C2=O)cc1. The molecule has 29 heavy (non-hydrogen) atoms. The smallest absolute Gasteiger partial charge is 0.274 e. The van der Waals surface area contributed by atoms with Crippen molar-refractivity contribution in [3.8, 4) is 0 Å². The fourth-order valence-electron chi connectivity index (χ4n) is 3.02. The predicted molar refractivity (Wildman–Crippen MR) is 104 cm³/mol. The second-order valence-corrected chi connectivity index (χ2v) is 7.30. The fraction of sp³-hybridized carbons (Fsp3) is 0.286. The number of imide groups is 2. The summed E-state index contributed by atoms with van der Waals surface area (Å²) in [6, 6.07) is 11.4. The molecule has 2 atom stereocenters. The highest BCUT2D eigenvalue weighted by molar-refractivity contribution is 6.30. The van der Waals surface area contributed by atoms with Crippen molar-refractivity contribution in [2.75, 3.05) is 13.1 Å². The van der Waals surface area contributed by atoms with Gasteiger partial charge in [0.1, 0.15) is 18.8 Å². The molecule has 1 fully saturated rings. The van der Waals surface area contributed by atoms with Crippen LogP contribution >= 0.6 is 11.6 Å². The summed E-state index contributed by atoms with van der Waals surface area (Å²) in [4.78, 5) is 38.3. The second-order valence-electron chi connectivity index (χ2n) is 6.87. The van der Waals surface area contributed by atoms with Crippen LogP contribution in [0.2, 0.25) is 5.02 Å². The Hall–Kier alpha value is -2.80. The molecule has 2 aromatic rings. The van der Waals surface area contributed by atoms with Gasteiger partial charge in [-0.15, -0.1) is 0 Å². The number of benzene rings is 2. The molecule has 0 bridgehead atoms. The summed E-state index contributed by atoms with van der Waals surface area (Å²) >= 11 is 5.78. The molecule has 5 nitrogen and oxygen atoms in total. The predicted octanol–water partition coefficient (Wildman–Crippen LogP) is 4.55. The molecule has 0 spiro atoms. The van der Waals surface area contributed by atoms with E-state index in [9.17, 15) is 23.2 Å². The first kappa shape index (κ1) is 20.9. The van der Waals surface area contributed by atoms with Gasteiger partial charge in [-0.2, -0.15) is 0 Å². The van der Waals surface area contributed by atoms with E-state index in [2.05, 4.69) is 0 Å². The Morgan fingerprint density at radius 2 is 1.24 bits per heavy atom. The molecule has 0 aromatic heterocycles. The largest absolute Gasteiger partial charge is 0.333 e. The number of hydrogen-bond donors (Lipinski definition) is 0. The third kappa shape index (κ3) is 4.79. The van der Waals surface area contributed by atoms with Crippen molar-refractivity contribution in [2.24, 2.45) is 0 Å². The van der Waals surface area contributed by atoms with Crippen LogP contribution in [0.3, 0.4) is 0 Å². The van der Waals surface area contributed by atoms with Crippen LogP contribution in [0, 0.1) is 6.92 Å². The van der Waals surface area contributed by atoms with Gasteiger partial charge in [0, 0.05) is 5.02 Å². The quantitative estimate of drug-likeness (QED) is 0.644. The lowest BCUT2D eigenvalue weighted by Crippen LogP contribution is -2.56. The van der Waals surface area contributed by atoms with Crippen molar-refractivity contribution in [1.29, 1.82) is 0 Å². The monoisotopic (exact) mass is 420 g/mol.